The van der Waals surface area contributed by atoms with Gasteiger partial charge in [0, 0.05) is 104 Å². The van der Waals surface area contributed by atoms with Crippen LogP contribution in [0.25, 0.3) is 0 Å². The Bertz CT molecular complexity index is 3590. The van der Waals surface area contributed by atoms with E-state index in [0.29, 0.717) is 71.6 Å². The first-order valence-electron chi connectivity index (χ1n) is 27.4. The number of fused-ring (bicyclic) bond motifs is 1. The van der Waals surface area contributed by atoms with Gasteiger partial charge in [0.2, 0.25) is 5.91 Å². The lowest BCUT2D eigenvalue weighted by atomic mass is 9.75. The molecule has 0 bridgehead atoms. The molecule has 29 heteroatoms. The number of anilines is 3. The number of quaternary nitrogens is 1. The number of aryl methyl sites for hydroxylation is 1. The number of hydrogen-bond acceptors (Lipinski definition) is 17. The number of benzene rings is 3. The number of amides is 5. The number of likely N-dealkylation sites (tertiary alicyclic amines) is 1. The first kappa shape index (κ1) is 60.7. The minimum absolute atomic E-state index is 0.0329. The molecule has 25 nitrogen and oxygen atoms in total. The maximum atomic E-state index is 15.3. The Labute approximate surface area is 485 Å². The van der Waals surface area contributed by atoms with Gasteiger partial charge in [-0.2, -0.15) is 18.4 Å². The van der Waals surface area contributed by atoms with E-state index < -0.39 is 84.7 Å². The van der Waals surface area contributed by atoms with Gasteiger partial charge in [0.1, 0.15) is 36.9 Å². The summed E-state index contributed by atoms with van der Waals surface area (Å²) < 4.78 is 83.5. The van der Waals surface area contributed by atoms with Gasteiger partial charge in [-0.1, -0.05) is 19.1 Å². The molecule has 0 saturated carbocycles. The highest BCUT2D eigenvalue weighted by atomic mass is 32.2. The van der Waals surface area contributed by atoms with Crippen LogP contribution in [0.3, 0.4) is 0 Å². The van der Waals surface area contributed by atoms with Crippen molar-refractivity contribution < 1.29 is 69.3 Å². The lowest BCUT2D eigenvalue weighted by Gasteiger charge is -2.44. The molecular formula is C56H61F3N13O12S+. The van der Waals surface area contributed by atoms with Crippen LogP contribution in [-0.4, -0.2) is 124 Å². The van der Waals surface area contributed by atoms with Crippen LogP contribution in [0, 0.1) is 27.4 Å². The van der Waals surface area contributed by atoms with Crippen LogP contribution in [0.15, 0.2) is 78.0 Å². The fraction of sp³-hybridized carbons (Fsp3) is 0.429. The molecule has 0 aliphatic carbocycles. The van der Waals surface area contributed by atoms with Crippen LogP contribution >= 0.6 is 0 Å². The number of nitro groups is 1. The van der Waals surface area contributed by atoms with E-state index in [1.54, 1.807) is 41.2 Å². The van der Waals surface area contributed by atoms with E-state index in [4.69, 9.17) is 14.6 Å². The predicted molar refractivity (Wildman–Crippen MR) is 295 cm³/mol. The van der Waals surface area contributed by atoms with Crippen molar-refractivity contribution in [2.45, 2.75) is 101 Å². The third kappa shape index (κ3) is 14.0. The molecule has 4 aliphatic heterocycles. The van der Waals surface area contributed by atoms with Crippen molar-refractivity contribution in [3.05, 3.63) is 128 Å². The Morgan fingerprint density at radius 3 is 2.35 bits per heavy atom. The van der Waals surface area contributed by atoms with Gasteiger partial charge < -0.3 is 34.6 Å². The first-order chi connectivity index (χ1) is 40.4. The monoisotopic (exact) mass is 1200 g/mol. The molecule has 0 radical (unpaired) electrons. The van der Waals surface area contributed by atoms with E-state index in [0.717, 1.165) is 42.7 Å². The van der Waals surface area contributed by atoms with Crippen molar-refractivity contribution in [1.29, 1.82) is 5.26 Å². The molecule has 3 saturated heterocycles. The minimum Gasteiger partial charge on any atom is -0.379 e. The highest BCUT2D eigenvalue weighted by Gasteiger charge is 2.46. The third-order valence-electron chi connectivity index (χ3n) is 15.4. The van der Waals surface area contributed by atoms with Crippen molar-refractivity contribution in [2.75, 3.05) is 60.9 Å². The maximum absolute atomic E-state index is 15.3. The first-order valence-corrected chi connectivity index (χ1v) is 28.9. The topological polar surface area (TPSA) is 320 Å². The second-order valence-electron chi connectivity index (χ2n) is 21.9. The number of halogens is 3. The lowest BCUT2D eigenvalue weighted by Crippen LogP contribution is -2.52. The smallest absolute Gasteiger partial charge is 0.379 e. The number of pyridine rings is 1. The summed E-state index contributed by atoms with van der Waals surface area (Å²) in [6.07, 6.45) is -1.53. The van der Waals surface area contributed by atoms with E-state index in [9.17, 15) is 52.6 Å². The molecule has 1 unspecified atom stereocenters. The van der Waals surface area contributed by atoms with Crippen molar-refractivity contribution in [3.8, 4) is 6.07 Å². The molecule has 2 atom stereocenters. The second-order valence-corrected chi connectivity index (χ2v) is 23.5. The zero-order valence-electron chi connectivity index (χ0n) is 46.4. The normalized spacial score (nSPS) is 18.3. The van der Waals surface area contributed by atoms with Gasteiger partial charge in [0.15, 0.2) is 4.90 Å². The molecule has 4 aliphatic rings. The number of nitrogens with zero attached hydrogens (tertiary/aromatic N) is 9. The summed E-state index contributed by atoms with van der Waals surface area (Å²) >= 11 is 0. The lowest BCUT2D eigenvalue weighted by molar-refractivity contribution is -0.960. The van der Waals surface area contributed by atoms with E-state index >= 15 is 13.2 Å². The molecule has 85 heavy (non-hydrogen) atoms. The second kappa shape index (κ2) is 25.1. The molecular weight excluding hydrogens is 1140 g/mol. The predicted octanol–water partition coefficient (Wildman–Crippen LogP) is 5.50. The molecule has 4 N–H and O–H groups in total. The standard InChI is InChI=1S/C56H60F3N13O12S/c1-35-6-4-21-72(29-35,31-37-22-41-42(43(23-37)56(57,58)59)28-69(54(41)78)47-26-39(25-46(65-47)61-18-5-17-60)55(32-83-33-55)27-48-66-64-34-68(48)2)30-36-9-12-40(13-10-36)67-85(81,82)45-14-11-38(24-44(45)71(79)80)53(77)63-20-19-62-49(73)7-3-8-52(76)84-70-50(74)15-16-51(70)75/h9-14,22-26,34-35,67H,3-8,15-16,18-21,27-33H2,1-2H3,(H2-,61,62,63,65,73,77)/p+1/t35-,72?/m0/s1. The number of imide groups is 1. The van der Waals surface area contributed by atoms with Crippen molar-refractivity contribution >= 4 is 68.5 Å². The van der Waals surface area contributed by atoms with Gasteiger partial charge in [-0.05, 0) is 78.9 Å². The number of alkyl halides is 3. The number of carbonyl (C=O) groups is 6. The SMILES string of the molecule is C[C@H]1CCC[N+](Cc2ccc(NS(=O)(=O)c3ccc(C(=O)NCCNC(=O)CCCC(=O)ON4C(=O)CCC4=O)cc3[N+](=O)[O-])cc2)(Cc2cc3c(c(C(F)(F)F)c2)CN(c2cc(C4(Cc5nncn5C)COC4)cc(NCCC#N)n2)C3=O)C1. The quantitative estimate of drug-likeness (QED) is 0.0195. The molecule has 5 amide bonds. The number of hydrogen-bond donors (Lipinski definition) is 4. The summed E-state index contributed by atoms with van der Waals surface area (Å²) in [7, 11) is -2.83. The molecule has 448 valence electrons. The number of carbonyl (C=O) groups excluding carboxylic acids is 6. The molecule has 5 aromatic rings. The molecule has 6 heterocycles. The van der Waals surface area contributed by atoms with Gasteiger partial charge in [0.05, 0.1) is 55.8 Å². The summed E-state index contributed by atoms with van der Waals surface area (Å²) in [6.45, 7) is 3.90. The highest BCUT2D eigenvalue weighted by molar-refractivity contribution is 7.92. The summed E-state index contributed by atoms with van der Waals surface area (Å²) in [5.41, 5.74) is -1.20. The Morgan fingerprint density at radius 2 is 1.69 bits per heavy atom. The molecule has 9 rings (SSSR count). The minimum atomic E-state index is -4.84. The van der Waals surface area contributed by atoms with E-state index in [-0.39, 0.29) is 98.8 Å². The maximum Gasteiger partial charge on any atom is 0.416 e. The molecule has 3 fully saturated rings. The van der Waals surface area contributed by atoms with E-state index in [1.807, 2.05) is 7.05 Å². The van der Waals surface area contributed by atoms with Gasteiger partial charge >= 0.3 is 12.1 Å². The number of hydroxylamine groups is 2. The van der Waals surface area contributed by atoms with E-state index in [1.165, 1.54) is 17.0 Å². The zero-order valence-corrected chi connectivity index (χ0v) is 47.2. The van der Waals surface area contributed by atoms with Crippen molar-refractivity contribution in [2.24, 2.45) is 13.0 Å². The zero-order chi connectivity index (χ0) is 60.8. The van der Waals surface area contributed by atoms with Crippen LogP contribution in [0.1, 0.15) is 113 Å². The van der Waals surface area contributed by atoms with Crippen LogP contribution in [0.2, 0.25) is 0 Å². The van der Waals surface area contributed by atoms with Crippen LogP contribution in [-0.2, 0) is 83.5 Å². The Morgan fingerprint density at radius 1 is 0.965 bits per heavy atom. The number of rotatable bonds is 24. The third-order valence-corrected chi connectivity index (χ3v) is 16.8. The average Bonchev–Trinajstić information content (AvgIpc) is 2.13. The van der Waals surface area contributed by atoms with Crippen molar-refractivity contribution in [1.82, 2.24) is 35.4 Å². The molecule has 2 aromatic heterocycles. The molecule has 3 aromatic carbocycles. The summed E-state index contributed by atoms with van der Waals surface area (Å²) in [5, 5.41) is 38.3. The van der Waals surface area contributed by atoms with E-state index in [2.05, 4.69) is 43.9 Å². The number of aromatic nitrogens is 4. The summed E-state index contributed by atoms with van der Waals surface area (Å²) in [6, 6.07) is 17.3. The number of nitrogens with one attached hydrogen (secondary N) is 4. The van der Waals surface area contributed by atoms with Gasteiger partial charge in [-0.15, -0.1) is 15.3 Å². The summed E-state index contributed by atoms with van der Waals surface area (Å²) in [5.74, 6) is -2.78. The number of nitro benzene ring substituents is 1. The van der Waals surface area contributed by atoms with Crippen LogP contribution < -0.4 is 25.6 Å². The number of sulfonamides is 1. The van der Waals surface area contributed by atoms with Crippen LogP contribution in [0.5, 0.6) is 0 Å². The number of piperidine rings is 1. The van der Waals surface area contributed by atoms with Gasteiger partial charge in [0.25, 0.3) is 39.3 Å². The van der Waals surface area contributed by atoms with Gasteiger partial charge in [-0.25, -0.2) is 18.2 Å². The Hall–Kier alpha value is -8.88. The van der Waals surface area contributed by atoms with Crippen LogP contribution in [0.4, 0.5) is 36.2 Å². The largest absolute Gasteiger partial charge is 0.416 e. The fourth-order valence-corrected chi connectivity index (χ4v) is 12.4. The molecule has 0 spiro atoms. The Kier molecular flexibility index (Phi) is 18.0. The number of ether oxygens (including phenoxy) is 1. The van der Waals surface area contributed by atoms with Crippen molar-refractivity contribution in [3.63, 3.8) is 0 Å². The number of nitriles is 1. The fourth-order valence-electron chi connectivity index (χ4n) is 11.2. The highest BCUT2D eigenvalue weighted by Crippen LogP contribution is 2.43. The summed E-state index contributed by atoms with van der Waals surface area (Å²) in [4.78, 5) is 96.3. The Balaban J connectivity index is 0.859. The average molecular weight is 1200 g/mol. The van der Waals surface area contributed by atoms with Gasteiger partial charge in [-0.3, -0.25) is 43.7 Å².